The number of rotatable bonds is 8. The van der Waals surface area contributed by atoms with Crippen LogP contribution in [0.5, 0.6) is 0 Å². The zero-order chi connectivity index (χ0) is 18.4. The molecule has 0 bridgehead atoms. The Morgan fingerprint density at radius 1 is 1.33 bits per heavy atom. The quantitative estimate of drug-likeness (QED) is 0.393. The largest absolute Gasteiger partial charge is 0.466 e. The van der Waals surface area contributed by atoms with E-state index in [-0.39, 0.29) is 13.1 Å². The fraction of sp³-hybridized carbons (Fsp3) is 0.667. The molecule has 1 aromatic heterocycles. The Kier molecular flexibility index (Phi) is 6.82. The van der Waals surface area contributed by atoms with Gasteiger partial charge in [-0.3, -0.25) is 4.99 Å². The van der Waals surface area contributed by atoms with Crippen LogP contribution in [0.15, 0.2) is 27.8 Å². The number of nitrogens with one attached hydrogen (secondary N) is 3. The molecule has 0 aliphatic rings. The van der Waals surface area contributed by atoms with Gasteiger partial charge in [0.05, 0.1) is 25.6 Å². The lowest BCUT2D eigenvalue weighted by atomic mass is 10.0. The number of sulfonamides is 1. The van der Waals surface area contributed by atoms with E-state index in [0.717, 1.165) is 6.26 Å². The Morgan fingerprint density at radius 2 is 2.00 bits per heavy atom. The van der Waals surface area contributed by atoms with Gasteiger partial charge >= 0.3 is 0 Å². The molecule has 1 aromatic rings. The first kappa shape index (κ1) is 20.5. The van der Waals surface area contributed by atoms with Gasteiger partial charge in [-0.1, -0.05) is 0 Å². The molecule has 0 aromatic carbocycles. The van der Waals surface area contributed by atoms with Gasteiger partial charge in [-0.05, 0) is 39.8 Å². The van der Waals surface area contributed by atoms with Crippen LogP contribution in [0.1, 0.15) is 33.5 Å². The van der Waals surface area contributed by atoms with Gasteiger partial charge in [-0.2, -0.15) is 0 Å². The fourth-order valence-electron chi connectivity index (χ4n) is 2.08. The molecule has 4 N–H and O–H groups in total. The van der Waals surface area contributed by atoms with Gasteiger partial charge in [0.15, 0.2) is 5.96 Å². The van der Waals surface area contributed by atoms with Gasteiger partial charge in [-0.25, -0.2) is 13.1 Å². The Bertz CT molecular complexity index is 636. The summed E-state index contributed by atoms with van der Waals surface area (Å²) in [6, 6.07) is 3.41. The third-order valence-electron chi connectivity index (χ3n) is 3.09. The van der Waals surface area contributed by atoms with Gasteiger partial charge in [0.25, 0.3) is 0 Å². The molecule has 1 unspecified atom stereocenters. The summed E-state index contributed by atoms with van der Waals surface area (Å²) < 4.78 is 30.5. The zero-order valence-electron chi connectivity index (χ0n) is 14.9. The summed E-state index contributed by atoms with van der Waals surface area (Å²) in [5.41, 5.74) is -1.92. The summed E-state index contributed by atoms with van der Waals surface area (Å²) in [6.07, 6.45) is 2.62. The third-order valence-corrected chi connectivity index (χ3v) is 4.01. The first-order chi connectivity index (χ1) is 11.0. The Labute approximate surface area is 143 Å². The highest BCUT2D eigenvalue weighted by Crippen LogP contribution is 2.19. The SMILES string of the molecule is CCNC(=NCC(C)(C)NS(C)(=O)=O)NCC(C)(O)c1ccco1. The normalized spacial score (nSPS) is 15.8. The molecule has 0 radical (unpaired) electrons. The summed E-state index contributed by atoms with van der Waals surface area (Å²) in [5.74, 6) is 0.928. The van der Waals surface area contributed by atoms with Crippen molar-refractivity contribution in [1.29, 1.82) is 0 Å². The lowest BCUT2D eigenvalue weighted by Crippen LogP contribution is -2.48. The van der Waals surface area contributed by atoms with Crippen LogP contribution >= 0.6 is 0 Å². The molecule has 0 fully saturated rings. The lowest BCUT2D eigenvalue weighted by Gasteiger charge is -2.25. The van der Waals surface area contributed by atoms with Crippen molar-refractivity contribution in [3.8, 4) is 0 Å². The van der Waals surface area contributed by atoms with Crippen molar-refractivity contribution in [2.75, 3.05) is 25.9 Å². The molecule has 1 atom stereocenters. The smallest absolute Gasteiger partial charge is 0.209 e. The predicted octanol–water partition coefficient (Wildman–Crippen LogP) is 0.370. The summed E-state index contributed by atoms with van der Waals surface area (Å²) in [6.45, 7) is 8.11. The van der Waals surface area contributed by atoms with Gasteiger partial charge in [-0.15, -0.1) is 0 Å². The van der Waals surface area contributed by atoms with E-state index in [0.29, 0.717) is 18.3 Å². The van der Waals surface area contributed by atoms with E-state index in [2.05, 4.69) is 20.3 Å². The Balaban J connectivity index is 2.72. The standard InChI is InChI=1S/C15H28N4O4S/c1-6-16-13(17-10-14(2,3)19-24(5,21)22)18-11-15(4,20)12-8-7-9-23-12/h7-9,19-20H,6,10-11H2,1-5H3,(H2,16,17,18). The second kappa shape index (κ2) is 8.00. The van der Waals surface area contributed by atoms with E-state index >= 15 is 0 Å². The van der Waals surface area contributed by atoms with Crippen LogP contribution in [0, 0.1) is 0 Å². The summed E-state index contributed by atoms with van der Waals surface area (Å²) in [4.78, 5) is 4.38. The Hall–Kier alpha value is -1.58. The van der Waals surface area contributed by atoms with Crippen LogP contribution in [0.25, 0.3) is 0 Å². The van der Waals surface area contributed by atoms with Crippen molar-refractivity contribution in [2.45, 2.75) is 38.8 Å². The molecular weight excluding hydrogens is 332 g/mol. The minimum absolute atomic E-state index is 0.187. The number of hydrogen-bond acceptors (Lipinski definition) is 5. The van der Waals surface area contributed by atoms with Crippen LogP contribution in [0.3, 0.4) is 0 Å². The zero-order valence-corrected chi connectivity index (χ0v) is 15.7. The molecule has 138 valence electrons. The summed E-state index contributed by atoms with van der Waals surface area (Å²) >= 11 is 0. The van der Waals surface area contributed by atoms with Crippen LogP contribution in [-0.4, -0.2) is 50.9 Å². The number of nitrogens with zero attached hydrogens (tertiary/aromatic N) is 1. The van der Waals surface area contributed by atoms with E-state index < -0.39 is 21.2 Å². The fourth-order valence-corrected chi connectivity index (χ4v) is 3.15. The molecule has 0 aliphatic heterocycles. The van der Waals surface area contributed by atoms with Crippen LogP contribution in [0.2, 0.25) is 0 Å². The summed E-state index contributed by atoms with van der Waals surface area (Å²) in [7, 11) is -3.32. The lowest BCUT2D eigenvalue weighted by molar-refractivity contribution is 0.0386. The van der Waals surface area contributed by atoms with E-state index in [1.807, 2.05) is 6.92 Å². The van der Waals surface area contributed by atoms with Crippen molar-refractivity contribution in [3.05, 3.63) is 24.2 Å². The average Bonchev–Trinajstić information content (AvgIpc) is 2.94. The highest BCUT2D eigenvalue weighted by Gasteiger charge is 2.27. The maximum Gasteiger partial charge on any atom is 0.209 e. The summed E-state index contributed by atoms with van der Waals surface area (Å²) in [5, 5.41) is 16.5. The van der Waals surface area contributed by atoms with Gasteiger partial charge < -0.3 is 20.2 Å². The molecule has 0 saturated carbocycles. The Morgan fingerprint density at radius 3 is 2.50 bits per heavy atom. The molecule has 0 amide bonds. The minimum Gasteiger partial charge on any atom is -0.466 e. The average molecular weight is 360 g/mol. The predicted molar refractivity (Wildman–Crippen MR) is 94.3 cm³/mol. The maximum atomic E-state index is 11.4. The number of guanidine groups is 1. The van der Waals surface area contributed by atoms with Crippen molar-refractivity contribution >= 4 is 16.0 Å². The molecule has 8 nitrogen and oxygen atoms in total. The van der Waals surface area contributed by atoms with Crippen molar-refractivity contribution in [1.82, 2.24) is 15.4 Å². The van der Waals surface area contributed by atoms with Crippen LogP contribution in [-0.2, 0) is 15.6 Å². The van der Waals surface area contributed by atoms with Crippen molar-refractivity contribution in [2.24, 2.45) is 4.99 Å². The number of hydrogen-bond donors (Lipinski definition) is 4. The van der Waals surface area contributed by atoms with Crippen LogP contribution in [0.4, 0.5) is 0 Å². The van der Waals surface area contributed by atoms with Gasteiger partial charge in [0.2, 0.25) is 10.0 Å². The number of aliphatic hydroxyl groups is 1. The number of aliphatic imine (C=N–C) groups is 1. The monoisotopic (exact) mass is 360 g/mol. The molecule has 24 heavy (non-hydrogen) atoms. The topological polar surface area (TPSA) is 116 Å². The molecular formula is C15H28N4O4S. The van der Waals surface area contributed by atoms with Crippen LogP contribution < -0.4 is 15.4 Å². The second-order valence-corrected chi connectivity index (χ2v) is 8.31. The first-order valence-corrected chi connectivity index (χ1v) is 9.62. The molecule has 1 rings (SSSR count). The first-order valence-electron chi connectivity index (χ1n) is 7.73. The van der Waals surface area contributed by atoms with Crippen molar-refractivity contribution < 1.29 is 17.9 Å². The highest BCUT2D eigenvalue weighted by atomic mass is 32.2. The highest BCUT2D eigenvalue weighted by molar-refractivity contribution is 7.88. The van der Waals surface area contributed by atoms with E-state index in [1.54, 1.807) is 32.9 Å². The van der Waals surface area contributed by atoms with Gasteiger partial charge in [0.1, 0.15) is 11.4 Å². The number of furan rings is 1. The third kappa shape index (κ3) is 7.33. The van der Waals surface area contributed by atoms with Gasteiger partial charge in [0, 0.05) is 12.1 Å². The van der Waals surface area contributed by atoms with Crippen molar-refractivity contribution in [3.63, 3.8) is 0 Å². The van der Waals surface area contributed by atoms with E-state index in [4.69, 9.17) is 4.42 Å². The molecule has 0 aliphatic carbocycles. The second-order valence-electron chi connectivity index (χ2n) is 6.56. The molecule has 9 heteroatoms. The molecule has 1 heterocycles. The minimum atomic E-state index is -3.32. The molecule has 0 spiro atoms. The van der Waals surface area contributed by atoms with E-state index in [9.17, 15) is 13.5 Å². The molecule has 0 saturated heterocycles. The van der Waals surface area contributed by atoms with E-state index in [1.165, 1.54) is 6.26 Å². The maximum absolute atomic E-state index is 11.4.